The summed E-state index contributed by atoms with van der Waals surface area (Å²) in [6, 6.07) is 12.5. The van der Waals surface area contributed by atoms with Gasteiger partial charge in [-0.3, -0.25) is 4.98 Å². The Hall–Kier alpha value is -2.46. The maximum absolute atomic E-state index is 11.0. The lowest BCUT2D eigenvalue weighted by Gasteiger charge is -2.34. The van der Waals surface area contributed by atoms with Crippen LogP contribution in [0.4, 0.5) is 0 Å². The zero-order chi connectivity index (χ0) is 15.4. The van der Waals surface area contributed by atoms with Gasteiger partial charge in [-0.05, 0) is 24.5 Å². The Kier molecular flexibility index (Phi) is 2.70. The van der Waals surface area contributed by atoms with Gasteiger partial charge in [0.15, 0.2) is 0 Å². The van der Waals surface area contributed by atoms with Crippen LogP contribution < -0.4 is 0 Å². The molecule has 5 rings (SSSR count). The Bertz CT molecular complexity index is 886. The molecule has 2 aromatic heterocycles. The third-order valence-electron chi connectivity index (χ3n) is 5.29. The van der Waals surface area contributed by atoms with Gasteiger partial charge in [-0.15, -0.1) is 0 Å². The average molecular weight is 303 g/mol. The van der Waals surface area contributed by atoms with Gasteiger partial charge in [0.25, 0.3) is 0 Å². The van der Waals surface area contributed by atoms with Crippen molar-refractivity contribution in [2.24, 2.45) is 5.92 Å². The molecule has 1 aliphatic heterocycles. The maximum atomic E-state index is 11.0. The number of aryl methyl sites for hydroxylation is 1. The second-order valence-corrected chi connectivity index (χ2v) is 6.40. The Labute approximate surface area is 134 Å². The number of aromatic nitrogens is 3. The molecule has 1 aliphatic carbocycles. The van der Waals surface area contributed by atoms with Crippen molar-refractivity contribution in [3.8, 4) is 11.3 Å². The molecule has 0 amide bonds. The molecule has 1 aromatic carbocycles. The second kappa shape index (κ2) is 4.77. The van der Waals surface area contributed by atoms with E-state index in [4.69, 9.17) is 0 Å². The topological polar surface area (TPSA) is 50.9 Å². The number of nitrogens with zero attached hydrogens (tertiary/aromatic N) is 3. The van der Waals surface area contributed by atoms with Crippen molar-refractivity contribution in [2.75, 3.05) is 0 Å². The molecule has 4 nitrogen and oxygen atoms in total. The molecule has 0 radical (unpaired) electrons. The summed E-state index contributed by atoms with van der Waals surface area (Å²) >= 11 is 0. The van der Waals surface area contributed by atoms with E-state index in [9.17, 15) is 5.11 Å². The second-order valence-electron chi connectivity index (χ2n) is 6.40. The molecule has 1 unspecified atom stereocenters. The van der Waals surface area contributed by atoms with E-state index in [0.717, 1.165) is 29.8 Å². The van der Waals surface area contributed by atoms with Crippen LogP contribution >= 0.6 is 0 Å². The third-order valence-corrected chi connectivity index (χ3v) is 5.29. The van der Waals surface area contributed by atoms with Crippen molar-refractivity contribution >= 4 is 0 Å². The van der Waals surface area contributed by atoms with Crippen molar-refractivity contribution in [3.05, 3.63) is 71.9 Å². The number of imidazole rings is 1. The zero-order valence-corrected chi connectivity index (χ0v) is 12.6. The highest BCUT2D eigenvalue weighted by Gasteiger charge is 2.40. The number of hydrogen-bond donors (Lipinski definition) is 1. The van der Waals surface area contributed by atoms with Gasteiger partial charge in [-0.1, -0.05) is 30.3 Å². The first-order valence-corrected chi connectivity index (χ1v) is 8.07. The fraction of sp³-hybridized carbons (Fsp3) is 0.263. The fourth-order valence-electron chi connectivity index (χ4n) is 4.26. The van der Waals surface area contributed by atoms with E-state index in [1.54, 1.807) is 0 Å². The van der Waals surface area contributed by atoms with Gasteiger partial charge < -0.3 is 9.67 Å². The van der Waals surface area contributed by atoms with Gasteiger partial charge >= 0.3 is 0 Å². The van der Waals surface area contributed by atoms with Gasteiger partial charge in [0.05, 0.1) is 30.4 Å². The molecule has 2 aliphatic rings. The molecule has 1 N–H and O–H groups in total. The van der Waals surface area contributed by atoms with E-state index >= 15 is 0 Å². The van der Waals surface area contributed by atoms with Crippen molar-refractivity contribution in [3.63, 3.8) is 0 Å². The standard InChI is InChI=1S/C19H17N3O/c23-19-14-6-3-9-21-16(14)8-7-15(19)18-13-5-2-1-4-12(13)17-10-20-11-22(17)18/h1-6,9-11,15,18-19,23H,7-8H2/t15-,18?,19+/m0/s1. The summed E-state index contributed by atoms with van der Waals surface area (Å²) in [4.78, 5) is 8.76. The molecular weight excluding hydrogens is 286 g/mol. The Morgan fingerprint density at radius 3 is 2.91 bits per heavy atom. The number of pyridine rings is 1. The van der Waals surface area contributed by atoms with Crippen LogP contribution in [0, 0.1) is 5.92 Å². The van der Waals surface area contributed by atoms with Crippen LogP contribution in [-0.4, -0.2) is 19.6 Å². The minimum absolute atomic E-state index is 0.142. The lowest BCUT2D eigenvalue weighted by Crippen LogP contribution is -2.29. The smallest absolute Gasteiger partial charge is 0.0956 e. The van der Waals surface area contributed by atoms with Gasteiger partial charge in [-0.25, -0.2) is 4.98 Å². The van der Waals surface area contributed by atoms with Crippen LogP contribution in [0.2, 0.25) is 0 Å². The predicted octanol–water partition coefficient (Wildman–Crippen LogP) is 3.14. The molecule has 3 aromatic rings. The summed E-state index contributed by atoms with van der Waals surface area (Å²) < 4.78 is 2.22. The Morgan fingerprint density at radius 2 is 1.96 bits per heavy atom. The number of fused-ring (bicyclic) bond motifs is 4. The third kappa shape index (κ3) is 1.75. The predicted molar refractivity (Wildman–Crippen MR) is 86.8 cm³/mol. The minimum Gasteiger partial charge on any atom is -0.388 e. The summed E-state index contributed by atoms with van der Waals surface area (Å²) in [6.45, 7) is 0. The SMILES string of the molecule is O[C@@H]1c2cccnc2CC[C@H]1C1c2ccccc2-c2cncn21. The van der Waals surface area contributed by atoms with Crippen LogP contribution in [0.15, 0.2) is 55.1 Å². The van der Waals surface area contributed by atoms with E-state index in [0.29, 0.717) is 0 Å². The number of hydrogen-bond acceptors (Lipinski definition) is 3. The van der Waals surface area contributed by atoms with Crippen molar-refractivity contribution < 1.29 is 5.11 Å². The molecule has 23 heavy (non-hydrogen) atoms. The van der Waals surface area contributed by atoms with Crippen LogP contribution in [0.5, 0.6) is 0 Å². The Morgan fingerprint density at radius 1 is 1.09 bits per heavy atom. The lowest BCUT2D eigenvalue weighted by atomic mass is 9.77. The average Bonchev–Trinajstić information content (AvgIpc) is 3.17. The number of benzene rings is 1. The molecule has 0 saturated heterocycles. The van der Waals surface area contributed by atoms with E-state index < -0.39 is 6.10 Å². The first kappa shape index (κ1) is 13.0. The quantitative estimate of drug-likeness (QED) is 0.751. The lowest BCUT2D eigenvalue weighted by molar-refractivity contribution is 0.0710. The van der Waals surface area contributed by atoms with Gasteiger partial charge in [-0.2, -0.15) is 0 Å². The summed E-state index contributed by atoms with van der Waals surface area (Å²) in [5.41, 5.74) is 5.69. The summed E-state index contributed by atoms with van der Waals surface area (Å²) in [6.07, 6.45) is 6.99. The van der Waals surface area contributed by atoms with E-state index in [-0.39, 0.29) is 12.0 Å². The molecule has 0 saturated carbocycles. The van der Waals surface area contributed by atoms with Crippen LogP contribution in [0.3, 0.4) is 0 Å². The first-order valence-electron chi connectivity index (χ1n) is 8.07. The minimum atomic E-state index is -0.487. The normalized spacial score (nSPS) is 24.8. The number of rotatable bonds is 1. The van der Waals surface area contributed by atoms with Gasteiger partial charge in [0.1, 0.15) is 0 Å². The van der Waals surface area contributed by atoms with Gasteiger partial charge in [0, 0.05) is 28.9 Å². The van der Waals surface area contributed by atoms with Gasteiger partial charge in [0.2, 0.25) is 0 Å². The van der Waals surface area contributed by atoms with Crippen LogP contribution in [-0.2, 0) is 6.42 Å². The summed E-state index contributed by atoms with van der Waals surface area (Å²) in [7, 11) is 0. The fourth-order valence-corrected chi connectivity index (χ4v) is 4.26. The van der Waals surface area contributed by atoms with Crippen molar-refractivity contribution in [2.45, 2.75) is 25.0 Å². The molecule has 114 valence electrons. The highest BCUT2D eigenvalue weighted by molar-refractivity contribution is 5.69. The van der Waals surface area contributed by atoms with Crippen molar-refractivity contribution in [1.29, 1.82) is 0 Å². The zero-order valence-electron chi connectivity index (χ0n) is 12.6. The van der Waals surface area contributed by atoms with Crippen LogP contribution in [0.1, 0.15) is 35.4 Å². The first-order chi connectivity index (χ1) is 11.3. The molecule has 3 heterocycles. The molecule has 0 bridgehead atoms. The maximum Gasteiger partial charge on any atom is 0.0956 e. The molecular formula is C19H17N3O. The van der Waals surface area contributed by atoms with Crippen LogP contribution in [0.25, 0.3) is 11.3 Å². The number of aliphatic hydroxyl groups excluding tert-OH is 1. The molecule has 4 heteroatoms. The summed E-state index contributed by atoms with van der Waals surface area (Å²) in [5, 5.41) is 11.0. The monoisotopic (exact) mass is 303 g/mol. The molecule has 0 spiro atoms. The summed E-state index contributed by atoms with van der Waals surface area (Å²) in [5.74, 6) is 0.142. The highest BCUT2D eigenvalue weighted by atomic mass is 16.3. The highest BCUT2D eigenvalue weighted by Crippen LogP contribution is 2.49. The molecule has 0 fully saturated rings. The Balaban J connectivity index is 1.64. The largest absolute Gasteiger partial charge is 0.388 e. The molecule has 3 atom stereocenters. The van der Waals surface area contributed by atoms with E-state index in [2.05, 4.69) is 38.8 Å². The van der Waals surface area contributed by atoms with E-state index in [1.165, 1.54) is 11.1 Å². The van der Waals surface area contributed by atoms with E-state index in [1.807, 2.05) is 30.9 Å². The number of aliphatic hydroxyl groups is 1. The van der Waals surface area contributed by atoms with Crippen molar-refractivity contribution in [1.82, 2.24) is 14.5 Å².